The van der Waals surface area contributed by atoms with Crippen molar-refractivity contribution in [3.8, 4) is 32.8 Å². The van der Waals surface area contributed by atoms with E-state index in [9.17, 15) is 4.79 Å². The Morgan fingerprint density at radius 3 is 2.63 bits per heavy atom. The van der Waals surface area contributed by atoms with Gasteiger partial charge in [-0.1, -0.05) is 42.7 Å². The molecular formula is C31H30N6O3S3. The van der Waals surface area contributed by atoms with Crippen LogP contribution >= 0.6 is 34.0 Å². The smallest absolute Gasteiger partial charge is 0.253 e. The van der Waals surface area contributed by atoms with Gasteiger partial charge in [0.1, 0.15) is 38.8 Å². The summed E-state index contributed by atoms with van der Waals surface area (Å²) in [5.74, 6) is 1.44. The van der Waals surface area contributed by atoms with Crippen molar-refractivity contribution in [1.29, 1.82) is 0 Å². The zero-order valence-electron chi connectivity index (χ0n) is 24.1. The Balaban J connectivity index is 1.06. The van der Waals surface area contributed by atoms with Crippen molar-refractivity contribution in [2.24, 2.45) is 0 Å². The SMILES string of the molecule is COc1cc(OCc2csc(-c3ccc(C(=O)N(C)C4CCCCC4)cc3)n2)c2sc(-c3cn4nc(C)sc4n3)nc2c1. The molecular weight excluding hydrogens is 601 g/mol. The average Bonchev–Trinajstić information content (AvgIpc) is 3.83. The minimum atomic E-state index is 0.0852. The number of carbonyl (C=O) groups is 1. The van der Waals surface area contributed by atoms with Crippen LogP contribution in [0.2, 0.25) is 0 Å². The van der Waals surface area contributed by atoms with Gasteiger partial charge in [0, 0.05) is 41.7 Å². The topological polar surface area (TPSA) is 94.7 Å². The van der Waals surface area contributed by atoms with Crippen LogP contribution in [0.15, 0.2) is 48.0 Å². The number of methoxy groups -OCH3 is 1. The van der Waals surface area contributed by atoms with Gasteiger partial charge in [-0.05, 0) is 31.9 Å². The van der Waals surface area contributed by atoms with Crippen molar-refractivity contribution >= 4 is 55.1 Å². The lowest BCUT2D eigenvalue weighted by atomic mass is 9.94. The summed E-state index contributed by atoms with van der Waals surface area (Å²) in [6.45, 7) is 2.27. The van der Waals surface area contributed by atoms with Crippen LogP contribution in [0.4, 0.5) is 0 Å². The van der Waals surface area contributed by atoms with Gasteiger partial charge < -0.3 is 14.4 Å². The third kappa shape index (κ3) is 5.62. The molecule has 43 heavy (non-hydrogen) atoms. The number of fused-ring (bicyclic) bond motifs is 2. The van der Waals surface area contributed by atoms with Crippen molar-refractivity contribution in [1.82, 2.24) is 29.5 Å². The molecule has 4 aromatic heterocycles. The third-order valence-electron chi connectivity index (χ3n) is 7.78. The van der Waals surface area contributed by atoms with Crippen LogP contribution in [-0.4, -0.2) is 55.6 Å². The minimum Gasteiger partial charge on any atom is -0.497 e. The Kier molecular flexibility index (Phi) is 7.58. The molecule has 0 radical (unpaired) electrons. The highest BCUT2D eigenvalue weighted by atomic mass is 32.1. The third-order valence-corrected chi connectivity index (χ3v) is 10.7. The number of carbonyl (C=O) groups excluding carboxylic acids is 1. The average molecular weight is 631 g/mol. The first-order chi connectivity index (χ1) is 20.9. The number of hydrogen-bond acceptors (Lipinski definition) is 10. The van der Waals surface area contributed by atoms with Gasteiger partial charge in [-0.3, -0.25) is 4.79 Å². The van der Waals surface area contributed by atoms with E-state index < -0.39 is 0 Å². The maximum Gasteiger partial charge on any atom is 0.253 e. The Morgan fingerprint density at radius 1 is 1.05 bits per heavy atom. The number of benzene rings is 2. The van der Waals surface area contributed by atoms with E-state index in [-0.39, 0.29) is 5.91 Å². The summed E-state index contributed by atoms with van der Waals surface area (Å²) in [5.41, 5.74) is 4.09. The molecule has 0 unspecified atom stereocenters. The zero-order valence-corrected chi connectivity index (χ0v) is 26.5. The summed E-state index contributed by atoms with van der Waals surface area (Å²) in [5, 5.41) is 9.12. The highest BCUT2D eigenvalue weighted by Crippen LogP contribution is 2.39. The predicted octanol–water partition coefficient (Wildman–Crippen LogP) is 7.49. The van der Waals surface area contributed by atoms with Crippen molar-refractivity contribution in [2.45, 2.75) is 51.7 Å². The minimum absolute atomic E-state index is 0.0852. The predicted molar refractivity (Wildman–Crippen MR) is 172 cm³/mol. The first kappa shape index (κ1) is 27.9. The highest BCUT2D eigenvalue weighted by Gasteiger charge is 2.23. The lowest BCUT2D eigenvalue weighted by Gasteiger charge is -2.31. The lowest BCUT2D eigenvalue weighted by molar-refractivity contribution is 0.0696. The second-order valence-electron chi connectivity index (χ2n) is 10.7. The fourth-order valence-corrected chi connectivity index (χ4v) is 7.97. The summed E-state index contributed by atoms with van der Waals surface area (Å²) < 4.78 is 14.5. The number of aryl methyl sites for hydroxylation is 1. The van der Waals surface area contributed by atoms with Crippen LogP contribution in [0, 0.1) is 6.92 Å². The van der Waals surface area contributed by atoms with Crippen molar-refractivity contribution in [3.63, 3.8) is 0 Å². The van der Waals surface area contributed by atoms with E-state index in [0.29, 0.717) is 29.7 Å². The first-order valence-electron chi connectivity index (χ1n) is 14.2. The summed E-state index contributed by atoms with van der Waals surface area (Å²) in [7, 11) is 3.57. The normalized spacial score (nSPS) is 14.0. The second kappa shape index (κ2) is 11.7. The molecule has 12 heteroatoms. The monoisotopic (exact) mass is 630 g/mol. The maximum atomic E-state index is 13.1. The highest BCUT2D eigenvalue weighted by molar-refractivity contribution is 7.22. The lowest BCUT2D eigenvalue weighted by Crippen LogP contribution is -2.38. The molecule has 0 N–H and O–H groups in total. The van der Waals surface area contributed by atoms with E-state index in [1.807, 2.05) is 66.8 Å². The van der Waals surface area contributed by atoms with Crippen LogP contribution in [0.1, 0.15) is 53.2 Å². The van der Waals surface area contributed by atoms with Gasteiger partial charge in [-0.2, -0.15) is 5.10 Å². The molecule has 1 saturated carbocycles. The van der Waals surface area contributed by atoms with Crippen LogP contribution in [0.3, 0.4) is 0 Å². The first-order valence-corrected chi connectivity index (χ1v) is 16.7. The number of rotatable bonds is 8. The number of amides is 1. The summed E-state index contributed by atoms with van der Waals surface area (Å²) in [4.78, 5) is 30.2. The quantitative estimate of drug-likeness (QED) is 0.172. The van der Waals surface area contributed by atoms with Gasteiger partial charge >= 0.3 is 0 Å². The molecule has 4 heterocycles. The molecule has 0 bridgehead atoms. The summed E-state index contributed by atoms with van der Waals surface area (Å²) in [6.07, 6.45) is 7.77. The van der Waals surface area contributed by atoms with E-state index in [1.165, 1.54) is 30.6 Å². The van der Waals surface area contributed by atoms with Crippen LogP contribution in [-0.2, 0) is 6.61 Å². The largest absolute Gasteiger partial charge is 0.497 e. The summed E-state index contributed by atoms with van der Waals surface area (Å²) >= 11 is 4.64. The molecule has 0 spiro atoms. The molecule has 6 aromatic rings. The van der Waals surface area contributed by atoms with Gasteiger partial charge in [0.25, 0.3) is 5.91 Å². The molecule has 1 amide bonds. The number of nitrogens with zero attached hydrogens (tertiary/aromatic N) is 6. The Morgan fingerprint density at radius 2 is 1.86 bits per heavy atom. The van der Waals surface area contributed by atoms with Crippen molar-refractivity contribution in [2.75, 3.05) is 14.2 Å². The summed E-state index contributed by atoms with van der Waals surface area (Å²) in [6, 6.07) is 11.9. The van der Waals surface area contributed by atoms with Gasteiger partial charge in [0.15, 0.2) is 0 Å². The van der Waals surface area contributed by atoms with Crippen molar-refractivity contribution < 1.29 is 14.3 Å². The molecule has 1 aliphatic rings. The molecule has 0 atom stereocenters. The van der Waals surface area contributed by atoms with Crippen LogP contribution in [0.25, 0.3) is 36.5 Å². The standard InChI is InChI=1S/C31H30N6O3S3/c1-18-35-37-15-25(34-31(37)42-18)29-33-24-13-23(39-3)14-26(27(24)43-29)40-16-21-17-41-28(32-21)19-9-11-20(12-10-19)30(38)36(2)22-7-5-4-6-8-22/h9-15,17,22H,4-8,16H2,1-3H3. The van der Waals surface area contributed by atoms with E-state index in [2.05, 4.69) is 5.10 Å². The number of imidazole rings is 1. The maximum absolute atomic E-state index is 13.1. The van der Waals surface area contributed by atoms with Gasteiger partial charge in [0.05, 0.1) is 29.2 Å². The number of aromatic nitrogens is 5. The molecule has 1 fully saturated rings. The van der Waals surface area contributed by atoms with Crippen molar-refractivity contribution in [3.05, 3.63) is 64.2 Å². The van der Waals surface area contributed by atoms with E-state index in [1.54, 1.807) is 34.3 Å². The molecule has 2 aromatic carbocycles. The molecule has 0 aliphatic heterocycles. The Hall–Kier alpha value is -3.87. The van der Waals surface area contributed by atoms with Crippen LogP contribution in [0.5, 0.6) is 11.5 Å². The number of ether oxygens (including phenoxy) is 2. The fourth-order valence-electron chi connectivity index (χ4n) is 5.47. The molecule has 1 aliphatic carbocycles. The molecule has 7 rings (SSSR count). The Bertz CT molecular complexity index is 1880. The van der Waals surface area contributed by atoms with Gasteiger partial charge in [-0.25, -0.2) is 19.5 Å². The zero-order chi connectivity index (χ0) is 29.5. The van der Waals surface area contributed by atoms with Gasteiger partial charge in [0.2, 0.25) is 4.96 Å². The van der Waals surface area contributed by atoms with E-state index in [4.69, 9.17) is 24.4 Å². The Labute approximate surface area is 260 Å². The number of thiazole rings is 2. The van der Waals surface area contributed by atoms with E-state index in [0.717, 1.165) is 60.0 Å². The molecule has 220 valence electrons. The van der Waals surface area contributed by atoms with Gasteiger partial charge in [-0.15, -0.1) is 22.7 Å². The van der Waals surface area contributed by atoms with E-state index >= 15 is 0 Å². The van der Waals surface area contributed by atoms with Crippen LogP contribution < -0.4 is 9.47 Å². The molecule has 0 saturated heterocycles. The second-order valence-corrected chi connectivity index (χ2v) is 13.7. The number of hydrogen-bond donors (Lipinski definition) is 0. The fraction of sp³-hybridized carbons (Fsp3) is 0.323. The molecule has 9 nitrogen and oxygen atoms in total.